The molecule has 1 N–H and O–H groups in total. The summed E-state index contributed by atoms with van der Waals surface area (Å²) >= 11 is 1.65. The third-order valence-corrected chi connectivity index (χ3v) is 10.1. The summed E-state index contributed by atoms with van der Waals surface area (Å²) in [5.74, 6) is -0.740. The number of benzene rings is 1. The van der Waals surface area contributed by atoms with Gasteiger partial charge >= 0.3 is 0 Å². The number of methoxy groups -OCH3 is 1. The molecule has 3 fully saturated rings. The van der Waals surface area contributed by atoms with E-state index in [1.807, 2.05) is 12.1 Å². The number of nitrogens with zero attached hydrogens (tertiary/aromatic N) is 3. The number of likely N-dealkylation sites (N-methyl/N-ethyl adjacent to an activating group) is 1. The van der Waals surface area contributed by atoms with Crippen molar-refractivity contribution >= 4 is 35.2 Å². The van der Waals surface area contributed by atoms with Crippen molar-refractivity contribution in [3.05, 3.63) is 49.6 Å². The molecule has 0 saturated carbocycles. The van der Waals surface area contributed by atoms with Crippen molar-refractivity contribution < 1.29 is 24.2 Å². The van der Waals surface area contributed by atoms with Crippen LogP contribution in [-0.4, -0.2) is 89.1 Å². The van der Waals surface area contributed by atoms with Gasteiger partial charge in [-0.15, -0.1) is 24.9 Å². The predicted molar refractivity (Wildman–Crippen MR) is 145 cm³/mol. The van der Waals surface area contributed by atoms with Crippen molar-refractivity contribution in [1.29, 1.82) is 0 Å². The Hall–Kier alpha value is -2.78. The molecule has 4 rings (SSSR count). The molecule has 8 nitrogen and oxygen atoms in total. The Morgan fingerprint density at radius 2 is 1.89 bits per heavy atom. The van der Waals surface area contributed by atoms with Gasteiger partial charge in [0.05, 0.1) is 23.7 Å². The molecule has 9 heteroatoms. The molecule has 3 amide bonds. The highest BCUT2D eigenvalue weighted by atomic mass is 32.2. The molecule has 0 radical (unpaired) electrons. The first kappa shape index (κ1) is 27.3. The number of anilines is 1. The summed E-state index contributed by atoms with van der Waals surface area (Å²) in [6.07, 6.45) is 4.48. The van der Waals surface area contributed by atoms with Crippen molar-refractivity contribution in [2.75, 3.05) is 45.3 Å². The molecular weight excluding hydrogens is 490 g/mol. The number of thioether (sulfide) groups is 1. The van der Waals surface area contributed by atoms with Gasteiger partial charge in [-0.3, -0.25) is 14.4 Å². The lowest BCUT2D eigenvalue weighted by molar-refractivity contribution is -0.143. The predicted octanol–water partition coefficient (Wildman–Crippen LogP) is 2.58. The standard InChI is InChI=1S/C28H37N3O5S/c1-6-13-29(4)25(33)22-21-17-18(3)28(37-21)23(22)26(34)31(15-8-16-32)24(28)27(35)30(14-7-2)19-9-11-20(36-5)12-10-19/h6-7,9-12,18,21-24,32H,1-2,8,13-17H2,3-5H3/t18?,21-,22+,23+,24?,28?/m1/s1. The summed E-state index contributed by atoms with van der Waals surface area (Å²) < 4.78 is 4.57. The van der Waals surface area contributed by atoms with Crippen molar-refractivity contribution in [3.63, 3.8) is 0 Å². The Morgan fingerprint density at radius 3 is 2.49 bits per heavy atom. The highest BCUT2D eigenvalue weighted by Gasteiger charge is 2.76. The van der Waals surface area contributed by atoms with Gasteiger partial charge in [-0.25, -0.2) is 0 Å². The number of hydrogen-bond donors (Lipinski definition) is 1. The lowest BCUT2D eigenvalue weighted by Crippen LogP contribution is -2.57. The van der Waals surface area contributed by atoms with Crippen LogP contribution in [0.15, 0.2) is 49.6 Å². The fourth-order valence-corrected chi connectivity index (χ4v) is 8.87. The van der Waals surface area contributed by atoms with Crippen LogP contribution in [0.5, 0.6) is 5.75 Å². The Bertz CT molecular complexity index is 1060. The number of ether oxygens (including phenoxy) is 1. The van der Waals surface area contributed by atoms with Crippen molar-refractivity contribution in [3.8, 4) is 5.75 Å². The molecule has 2 bridgehead atoms. The Morgan fingerprint density at radius 1 is 1.22 bits per heavy atom. The third-order valence-electron chi connectivity index (χ3n) is 8.06. The number of amides is 3. The lowest BCUT2D eigenvalue weighted by Gasteiger charge is -2.41. The number of aliphatic hydroxyl groups excluding tert-OH is 1. The molecule has 3 aliphatic rings. The number of likely N-dealkylation sites (tertiary alicyclic amines) is 1. The average molecular weight is 528 g/mol. The zero-order valence-electron chi connectivity index (χ0n) is 21.8. The number of carbonyl (C=O) groups excluding carboxylic acids is 3. The second kappa shape index (κ2) is 10.9. The van der Waals surface area contributed by atoms with E-state index < -0.39 is 22.6 Å². The van der Waals surface area contributed by atoms with E-state index in [4.69, 9.17) is 4.74 Å². The van der Waals surface area contributed by atoms with Crippen LogP contribution < -0.4 is 9.64 Å². The first-order chi connectivity index (χ1) is 17.8. The third kappa shape index (κ3) is 4.36. The molecule has 37 heavy (non-hydrogen) atoms. The van der Waals surface area contributed by atoms with Crippen molar-refractivity contribution in [2.45, 2.75) is 35.8 Å². The van der Waals surface area contributed by atoms with Crippen LogP contribution in [0.2, 0.25) is 0 Å². The van der Waals surface area contributed by atoms with Crippen molar-refractivity contribution in [2.24, 2.45) is 17.8 Å². The molecule has 3 aliphatic heterocycles. The van der Waals surface area contributed by atoms with E-state index in [0.29, 0.717) is 24.4 Å². The fourth-order valence-electron chi connectivity index (χ4n) is 6.46. The van der Waals surface area contributed by atoms with Gasteiger partial charge in [-0.2, -0.15) is 0 Å². The summed E-state index contributed by atoms with van der Waals surface area (Å²) in [4.78, 5) is 47.0. The Balaban J connectivity index is 1.78. The SMILES string of the molecule is C=CCN(C)C(=O)[C@@H]1[C@H]2C(=O)N(CCCO)C(C(=O)N(CC=C)c3ccc(OC)cc3)C23S[C@@H]1CC3C. The molecular formula is C28H37N3O5S. The summed E-state index contributed by atoms with van der Waals surface area (Å²) in [5, 5.41) is 9.56. The van der Waals surface area contributed by atoms with Gasteiger partial charge in [-0.05, 0) is 43.0 Å². The summed E-state index contributed by atoms with van der Waals surface area (Å²) in [7, 11) is 3.32. The largest absolute Gasteiger partial charge is 0.497 e. The van der Waals surface area contributed by atoms with Crippen LogP contribution in [0.1, 0.15) is 19.8 Å². The maximum Gasteiger partial charge on any atom is 0.251 e. The molecule has 3 unspecified atom stereocenters. The maximum atomic E-state index is 14.5. The minimum atomic E-state index is -0.744. The second-order valence-electron chi connectivity index (χ2n) is 10.1. The van der Waals surface area contributed by atoms with Gasteiger partial charge in [0.15, 0.2) is 0 Å². The second-order valence-corrected chi connectivity index (χ2v) is 11.7. The Kier molecular flexibility index (Phi) is 8.04. The van der Waals surface area contributed by atoms with Gasteiger partial charge in [0.1, 0.15) is 11.8 Å². The maximum absolute atomic E-state index is 14.5. The zero-order chi connectivity index (χ0) is 26.9. The molecule has 0 aliphatic carbocycles. The molecule has 1 aromatic carbocycles. The summed E-state index contributed by atoms with van der Waals surface area (Å²) in [6.45, 7) is 10.5. The topological polar surface area (TPSA) is 90.4 Å². The highest BCUT2D eigenvalue weighted by molar-refractivity contribution is 8.02. The highest BCUT2D eigenvalue weighted by Crippen LogP contribution is 2.68. The number of hydrogen-bond acceptors (Lipinski definition) is 6. The van der Waals surface area contributed by atoms with Gasteiger partial charge in [-0.1, -0.05) is 19.1 Å². The van der Waals surface area contributed by atoms with E-state index in [1.54, 1.807) is 64.9 Å². The van der Waals surface area contributed by atoms with Gasteiger partial charge in [0, 0.05) is 44.2 Å². The van der Waals surface area contributed by atoms with E-state index in [2.05, 4.69) is 20.1 Å². The van der Waals surface area contributed by atoms with Crippen LogP contribution in [0, 0.1) is 17.8 Å². The van der Waals surface area contributed by atoms with E-state index >= 15 is 0 Å². The molecule has 1 aromatic rings. The van der Waals surface area contributed by atoms with E-state index in [-0.39, 0.29) is 48.6 Å². The van der Waals surface area contributed by atoms with E-state index in [1.165, 1.54) is 0 Å². The van der Waals surface area contributed by atoms with Crippen LogP contribution in [0.4, 0.5) is 5.69 Å². The smallest absolute Gasteiger partial charge is 0.251 e. The van der Waals surface area contributed by atoms with Crippen molar-refractivity contribution in [1.82, 2.24) is 9.80 Å². The molecule has 1 spiro atoms. The van der Waals surface area contributed by atoms with Gasteiger partial charge < -0.3 is 24.5 Å². The van der Waals surface area contributed by atoms with Gasteiger partial charge in [0.25, 0.3) is 5.91 Å². The molecule has 3 heterocycles. The number of fused-ring (bicyclic) bond motifs is 1. The molecule has 200 valence electrons. The normalized spacial score (nSPS) is 29.7. The number of aliphatic hydroxyl groups is 1. The quantitative estimate of drug-likeness (QED) is 0.445. The zero-order valence-corrected chi connectivity index (χ0v) is 22.7. The van der Waals surface area contributed by atoms with Gasteiger partial charge in [0.2, 0.25) is 11.8 Å². The number of carbonyl (C=O) groups is 3. The summed E-state index contributed by atoms with van der Waals surface area (Å²) in [5.41, 5.74) is 0.684. The van der Waals surface area contributed by atoms with Crippen LogP contribution in [-0.2, 0) is 14.4 Å². The van der Waals surface area contributed by atoms with Crippen LogP contribution in [0.3, 0.4) is 0 Å². The summed E-state index contributed by atoms with van der Waals surface area (Å²) in [6, 6.07) is 6.50. The molecule has 3 saturated heterocycles. The molecule has 6 atom stereocenters. The monoisotopic (exact) mass is 527 g/mol. The first-order valence-corrected chi connectivity index (χ1v) is 13.7. The van der Waals surface area contributed by atoms with Crippen LogP contribution >= 0.6 is 11.8 Å². The Labute approximate surface area is 223 Å². The van der Waals surface area contributed by atoms with E-state index in [9.17, 15) is 19.5 Å². The first-order valence-electron chi connectivity index (χ1n) is 12.8. The fraction of sp³-hybridized carbons (Fsp3) is 0.536. The minimum Gasteiger partial charge on any atom is -0.497 e. The van der Waals surface area contributed by atoms with Crippen LogP contribution in [0.25, 0.3) is 0 Å². The number of rotatable bonds is 11. The lowest BCUT2D eigenvalue weighted by atomic mass is 9.65. The van der Waals surface area contributed by atoms with E-state index in [0.717, 1.165) is 6.42 Å². The molecule has 0 aromatic heterocycles. The minimum absolute atomic E-state index is 0.0205. The average Bonchev–Trinajstić information content (AvgIpc) is 3.49.